The van der Waals surface area contributed by atoms with Gasteiger partial charge in [0.15, 0.2) is 0 Å². The number of carbonyl (C=O) groups excluding carboxylic acids is 1. The van der Waals surface area contributed by atoms with E-state index >= 15 is 0 Å². The Balaban J connectivity index is 1.54. The van der Waals surface area contributed by atoms with Crippen molar-refractivity contribution in [2.24, 2.45) is 7.05 Å². The molecule has 0 bridgehead atoms. The molecule has 0 radical (unpaired) electrons. The fraction of sp³-hybridized carbons (Fsp3) is 0.414. The van der Waals surface area contributed by atoms with E-state index in [2.05, 4.69) is 90.0 Å². The molecule has 5 rings (SSSR count). The molecule has 0 N–H and O–H groups in total. The average Bonchev–Trinajstić information content (AvgIpc) is 3.25. The molecule has 2 unspecified atom stereocenters. The Morgan fingerprint density at radius 1 is 0.912 bits per heavy atom. The highest BCUT2D eigenvalue weighted by atomic mass is 16.5. The first-order valence-corrected chi connectivity index (χ1v) is 12.4. The van der Waals surface area contributed by atoms with Crippen molar-refractivity contribution in [3.05, 3.63) is 95.3 Å². The lowest BCUT2D eigenvalue weighted by Gasteiger charge is -2.45. The number of benzene rings is 2. The SMILES string of the molecule is CC1CN(C[C@H]2c3ccccc3C(=O)N(CCc3ccccc3)[C@@H]2c2cccn2C)CC(C)O1. The van der Waals surface area contributed by atoms with E-state index in [-0.39, 0.29) is 30.1 Å². The van der Waals surface area contributed by atoms with Gasteiger partial charge >= 0.3 is 0 Å². The second-order valence-corrected chi connectivity index (χ2v) is 9.89. The maximum absolute atomic E-state index is 13.9. The molecule has 178 valence electrons. The van der Waals surface area contributed by atoms with E-state index < -0.39 is 0 Å². The molecule has 5 nitrogen and oxygen atoms in total. The fourth-order valence-electron chi connectivity index (χ4n) is 5.88. The van der Waals surface area contributed by atoms with Crippen LogP contribution in [0.2, 0.25) is 0 Å². The molecule has 0 spiro atoms. The van der Waals surface area contributed by atoms with Crippen LogP contribution in [0.5, 0.6) is 0 Å². The van der Waals surface area contributed by atoms with Gasteiger partial charge < -0.3 is 14.2 Å². The smallest absolute Gasteiger partial charge is 0.254 e. The number of hydrogen-bond donors (Lipinski definition) is 0. The third-order valence-corrected chi connectivity index (χ3v) is 7.29. The number of amides is 1. The van der Waals surface area contributed by atoms with Crippen molar-refractivity contribution < 1.29 is 9.53 Å². The number of ether oxygens (including phenoxy) is 1. The fourth-order valence-corrected chi connectivity index (χ4v) is 5.88. The molecule has 2 aliphatic heterocycles. The zero-order valence-electron chi connectivity index (χ0n) is 20.4. The maximum Gasteiger partial charge on any atom is 0.254 e. The van der Waals surface area contributed by atoms with Gasteiger partial charge in [-0.3, -0.25) is 9.69 Å². The predicted molar refractivity (Wildman–Crippen MR) is 135 cm³/mol. The molecule has 3 heterocycles. The highest BCUT2D eigenvalue weighted by Gasteiger charge is 2.42. The van der Waals surface area contributed by atoms with Crippen LogP contribution >= 0.6 is 0 Å². The van der Waals surface area contributed by atoms with E-state index in [0.29, 0.717) is 6.54 Å². The number of hydrogen-bond acceptors (Lipinski definition) is 3. The number of carbonyl (C=O) groups is 1. The quantitative estimate of drug-likeness (QED) is 0.540. The predicted octanol–water partition coefficient (Wildman–Crippen LogP) is 4.66. The van der Waals surface area contributed by atoms with Crippen LogP contribution in [0.25, 0.3) is 0 Å². The van der Waals surface area contributed by atoms with Gasteiger partial charge in [-0.15, -0.1) is 0 Å². The summed E-state index contributed by atoms with van der Waals surface area (Å²) in [6.45, 7) is 7.74. The summed E-state index contributed by atoms with van der Waals surface area (Å²) < 4.78 is 8.19. The second-order valence-electron chi connectivity index (χ2n) is 9.89. The Bertz CT molecular complexity index is 1120. The largest absolute Gasteiger partial charge is 0.373 e. The molecule has 0 aliphatic carbocycles. The minimum Gasteiger partial charge on any atom is -0.373 e. The third-order valence-electron chi connectivity index (χ3n) is 7.29. The van der Waals surface area contributed by atoms with Crippen molar-refractivity contribution in [2.45, 2.75) is 44.4 Å². The molecule has 1 saturated heterocycles. The molecular weight excluding hydrogens is 422 g/mol. The molecule has 3 aromatic rings. The summed E-state index contributed by atoms with van der Waals surface area (Å²) in [5.41, 5.74) is 4.46. The molecule has 2 aromatic carbocycles. The van der Waals surface area contributed by atoms with Crippen molar-refractivity contribution in [1.82, 2.24) is 14.4 Å². The summed E-state index contributed by atoms with van der Waals surface area (Å²) >= 11 is 0. The van der Waals surface area contributed by atoms with Gasteiger partial charge in [-0.1, -0.05) is 48.5 Å². The van der Waals surface area contributed by atoms with Gasteiger partial charge in [0.05, 0.1) is 18.2 Å². The molecule has 1 fully saturated rings. The number of morpholine rings is 1. The summed E-state index contributed by atoms with van der Waals surface area (Å²) in [5, 5.41) is 0. The number of aromatic nitrogens is 1. The lowest BCUT2D eigenvalue weighted by molar-refractivity contribution is -0.0714. The van der Waals surface area contributed by atoms with Crippen molar-refractivity contribution in [3.8, 4) is 0 Å². The van der Waals surface area contributed by atoms with Crippen molar-refractivity contribution in [3.63, 3.8) is 0 Å². The minimum absolute atomic E-state index is 0.0143. The first-order chi connectivity index (χ1) is 16.5. The van der Waals surface area contributed by atoms with Gasteiger partial charge in [-0.05, 0) is 49.6 Å². The monoisotopic (exact) mass is 457 g/mol. The molecule has 1 amide bonds. The standard InChI is InChI=1S/C29H35N3O2/c1-21-18-31(19-22(2)34-21)20-26-24-12-7-8-13-25(24)29(33)32(17-15-23-10-5-4-6-11-23)28(26)27-14-9-16-30(27)3/h4-14,16,21-22,26,28H,15,17-20H2,1-3H3/t21?,22?,26-,28-/m0/s1. The van der Waals surface area contributed by atoms with E-state index in [1.807, 2.05) is 18.2 Å². The van der Waals surface area contributed by atoms with Crippen LogP contribution in [-0.4, -0.2) is 58.7 Å². The van der Waals surface area contributed by atoms with Gasteiger partial charge in [0.2, 0.25) is 0 Å². The zero-order valence-corrected chi connectivity index (χ0v) is 20.4. The van der Waals surface area contributed by atoms with Gasteiger partial charge in [-0.2, -0.15) is 0 Å². The van der Waals surface area contributed by atoms with E-state index in [0.717, 1.165) is 31.6 Å². The van der Waals surface area contributed by atoms with Gasteiger partial charge in [-0.25, -0.2) is 0 Å². The average molecular weight is 458 g/mol. The molecule has 0 saturated carbocycles. The van der Waals surface area contributed by atoms with Gasteiger partial charge in [0, 0.05) is 56.6 Å². The first kappa shape index (κ1) is 22.9. The molecule has 34 heavy (non-hydrogen) atoms. The summed E-state index contributed by atoms with van der Waals surface area (Å²) in [7, 11) is 2.09. The van der Waals surface area contributed by atoms with Crippen LogP contribution < -0.4 is 0 Å². The Morgan fingerprint density at radius 2 is 1.62 bits per heavy atom. The summed E-state index contributed by atoms with van der Waals surface area (Å²) in [4.78, 5) is 18.5. The molecular formula is C29H35N3O2. The van der Waals surface area contributed by atoms with Crippen LogP contribution in [0.4, 0.5) is 0 Å². The third kappa shape index (κ3) is 4.55. The Hall–Kier alpha value is -2.89. The van der Waals surface area contributed by atoms with Crippen molar-refractivity contribution in [1.29, 1.82) is 0 Å². The highest BCUT2D eigenvalue weighted by Crippen LogP contribution is 2.43. The van der Waals surface area contributed by atoms with Crippen LogP contribution in [0.1, 0.15) is 53.0 Å². The van der Waals surface area contributed by atoms with E-state index in [1.165, 1.54) is 16.8 Å². The topological polar surface area (TPSA) is 37.7 Å². The summed E-state index contributed by atoms with van der Waals surface area (Å²) in [6.07, 6.45) is 3.36. The van der Waals surface area contributed by atoms with Crippen molar-refractivity contribution in [2.75, 3.05) is 26.2 Å². The minimum atomic E-state index is -0.0143. The van der Waals surface area contributed by atoms with Crippen LogP contribution in [0.15, 0.2) is 72.9 Å². The second kappa shape index (κ2) is 9.77. The Labute approximate surface area is 202 Å². The van der Waals surface area contributed by atoms with Gasteiger partial charge in [0.1, 0.15) is 0 Å². The number of aryl methyl sites for hydroxylation is 1. The van der Waals surface area contributed by atoms with E-state index in [9.17, 15) is 4.79 Å². The summed E-state index contributed by atoms with van der Waals surface area (Å²) in [5.74, 6) is 0.327. The van der Waals surface area contributed by atoms with Crippen molar-refractivity contribution >= 4 is 5.91 Å². The number of rotatable bonds is 6. The first-order valence-electron chi connectivity index (χ1n) is 12.4. The molecule has 1 aromatic heterocycles. The number of nitrogens with zero attached hydrogens (tertiary/aromatic N) is 3. The maximum atomic E-state index is 13.9. The van der Waals surface area contributed by atoms with Gasteiger partial charge in [0.25, 0.3) is 5.91 Å². The highest BCUT2D eigenvalue weighted by molar-refractivity contribution is 5.97. The lowest BCUT2D eigenvalue weighted by Crippen LogP contribution is -2.51. The zero-order chi connectivity index (χ0) is 23.7. The number of fused-ring (bicyclic) bond motifs is 1. The van der Waals surface area contributed by atoms with E-state index in [1.54, 1.807) is 0 Å². The Kier molecular flexibility index (Phi) is 6.57. The normalized spacial score (nSPS) is 25.4. The van der Waals surface area contributed by atoms with Crippen LogP contribution in [0, 0.1) is 0 Å². The Morgan fingerprint density at radius 3 is 2.32 bits per heavy atom. The molecule has 5 heteroatoms. The van der Waals surface area contributed by atoms with Crippen LogP contribution in [-0.2, 0) is 18.2 Å². The van der Waals surface area contributed by atoms with Crippen LogP contribution in [0.3, 0.4) is 0 Å². The summed E-state index contributed by atoms with van der Waals surface area (Å²) in [6, 6.07) is 23.0. The molecule has 2 aliphatic rings. The van der Waals surface area contributed by atoms with E-state index in [4.69, 9.17) is 4.74 Å². The lowest BCUT2D eigenvalue weighted by atomic mass is 9.80. The molecule has 4 atom stereocenters.